The Bertz CT molecular complexity index is 629. The Hall–Kier alpha value is -2.28. The normalized spacial score (nSPS) is 18.4. The highest BCUT2D eigenvalue weighted by atomic mass is 16.5. The number of piperidine rings is 1. The first kappa shape index (κ1) is 14.6. The maximum absolute atomic E-state index is 11.9. The summed E-state index contributed by atoms with van der Waals surface area (Å²) in [6.07, 6.45) is 5.25. The number of pyridine rings is 1. The summed E-state index contributed by atoms with van der Waals surface area (Å²) in [6, 6.07) is 3.67. The smallest absolute Gasteiger partial charge is 0.248 e. The van der Waals surface area contributed by atoms with E-state index in [4.69, 9.17) is 9.26 Å². The van der Waals surface area contributed by atoms with Gasteiger partial charge < -0.3 is 14.2 Å². The fourth-order valence-electron chi connectivity index (χ4n) is 2.64. The molecular formula is C15H18N4O3. The van der Waals surface area contributed by atoms with Crippen LogP contribution in [0.3, 0.4) is 0 Å². The van der Waals surface area contributed by atoms with Gasteiger partial charge in [-0.25, -0.2) is 0 Å². The van der Waals surface area contributed by atoms with Crippen molar-refractivity contribution in [2.75, 3.05) is 26.8 Å². The third-order valence-electron chi connectivity index (χ3n) is 3.77. The molecule has 1 fully saturated rings. The Balaban J connectivity index is 1.72. The number of amides is 1. The maximum atomic E-state index is 11.9. The molecule has 2 aromatic heterocycles. The van der Waals surface area contributed by atoms with E-state index in [9.17, 15) is 4.79 Å². The zero-order valence-corrected chi connectivity index (χ0v) is 12.4. The summed E-state index contributed by atoms with van der Waals surface area (Å²) in [4.78, 5) is 22.2. The molecule has 0 N–H and O–H groups in total. The summed E-state index contributed by atoms with van der Waals surface area (Å²) in [6.45, 7) is 1.46. The van der Waals surface area contributed by atoms with E-state index in [0.29, 0.717) is 18.3 Å². The fourth-order valence-corrected chi connectivity index (χ4v) is 2.64. The monoisotopic (exact) mass is 302 g/mol. The van der Waals surface area contributed by atoms with Crippen molar-refractivity contribution in [3.8, 4) is 11.4 Å². The number of methoxy groups -OCH3 is 1. The lowest BCUT2D eigenvalue weighted by atomic mass is 9.98. The van der Waals surface area contributed by atoms with Gasteiger partial charge in [-0.15, -0.1) is 0 Å². The van der Waals surface area contributed by atoms with Crippen molar-refractivity contribution in [2.24, 2.45) is 0 Å². The molecule has 116 valence electrons. The molecule has 0 aliphatic carbocycles. The quantitative estimate of drug-likeness (QED) is 0.851. The molecule has 1 saturated heterocycles. The van der Waals surface area contributed by atoms with Crippen molar-refractivity contribution in [3.63, 3.8) is 0 Å². The minimum atomic E-state index is 0.000993. The molecule has 7 heteroatoms. The maximum Gasteiger partial charge on any atom is 0.248 e. The highest BCUT2D eigenvalue weighted by Crippen LogP contribution is 2.27. The number of hydrogen-bond acceptors (Lipinski definition) is 6. The molecule has 0 spiro atoms. The second-order valence-electron chi connectivity index (χ2n) is 5.30. The number of aromatic nitrogens is 3. The Kier molecular flexibility index (Phi) is 4.43. The molecule has 1 aliphatic rings. The van der Waals surface area contributed by atoms with E-state index in [2.05, 4.69) is 15.1 Å². The van der Waals surface area contributed by atoms with Crippen LogP contribution in [0.25, 0.3) is 11.4 Å². The molecule has 7 nitrogen and oxygen atoms in total. The lowest BCUT2D eigenvalue weighted by molar-refractivity contribution is -0.136. The minimum absolute atomic E-state index is 0.000993. The van der Waals surface area contributed by atoms with Crippen LogP contribution in [0.1, 0.15) is 24.7 Å². The molecule has 3 rings (SSSR count). The van der Waals surface area contributed by atoms with Crippen LogP contribution in [0.2, 0.25) is 0 Å². The van der Waals surface area contributed by atoms with E-state index >= 15 is 0 Å². The van der Waals surface area contributed by atoms with Crippen molar-refractivity contribution >= 4 is 5.91 Å². The van der Waals surface area contributed by atoms with Gasteiger partial charge in [0, 0.05) is 38.2 Å². The Labute approximate surface area is 128 Å². The van der Waals surface area contributed by atoms with Crippen molar-refractivity contribution < 1.29 is 14.1 Å². The standard InChI is InChI=1S/C15H18N4O3/c1-21-10-13(20)19-8-2-3-12(9-19)15-17-14(18-22-15)11-4-6-16-7-5-11/h4-7,12H,2-3,8-10H2,1H3/t12-/m1/s1. The first-order valence-electron chi connectivity index (χ1n) is 7.28. The molecule has 1 aliphatic heterocycles. The molecule has 0 radical (unpaired) electrons. The number of nitrogens with zero attached hydrogens (tertiary/aromatic N) is 4. The van der Waals surface area contributed by atoms with Crippen LogP contribution in [0, 0.1) is 0 Å². The van der Waals surface area contributed by atoms with E-state index in [-0.39, 0.29) is 18.4 Å². The van der Waals surface area contributed by atoms with Crippen LogP contribution in [0.5, 0.6) is 0 Å². The summed E-state index contributed by atoms with van der Waals surface area (Å²) in [7, 11) is 1.53. The summed E-state index contributed by atoms with van der Waals surface area (Å²) in [5, 5.41) is 4.03. The predicted octanol–water partition coefficient (Wildman–Crippen LogP) is 1.48. The lowest BCUT2D eigenvalue weighted by Gasteiger charge is -2.30. The second-order valence-corrected chi connectivity index (χ2v) is 5.30. The van der Waals surface area contributed by atoms with Gasteiger partial charge in [0.15, 0.2) is 0 Å². The van der Waals surface area contributed by atoms with Gasteiger partial charge in [-0.2, -0.15) is 4.98 Å². The number of ether oxygens (including phenoxy) is 1. The van der Waals surface area contributed by atoms with Crippen molar-refractivity contribution in [2.45, 2.75) is 18.8 Å². The van der Waals surface area contributed by atoms with Crippen LogP contribution in [-0.4, -0.2) is 52.7 Å². The van der Waals surface area contributed by atoms with Crippen molar-refractivity contribution in [3.05, 3.63) is 30.4 Å². The number of carbonyl (C=O) groups is 1. The number of hydrogen-bond donors (Lipinski definition) is 0. The zero-order valence-electron chi connectivity index (χ0n) is 12.4. The van der Waals surface area contributed by atoms with E-state index < -0.39 is 0 Å². The largest absolute Gasteiger partial charge is 0.375 e. The highest BCUT2D eigenvalue weighted by molar-refractivity contribution is 5.77. The van der Waals surface area contributed by atoms with Gasteiger partial charge in [0.05, 0.1) is 5.92 Å². The van der Waals surface area contributed by atoms with Gasteiger partial charge >= 0.3 is 0 Å². The number of likely N-dealkylation sites (tertiary alicyclic amines) is 1. The van der Waals surface area contributed by atoms with Crippen molar-refractivity contribution in [1.29, 1.82) is 0 Å². The van der Waals surface area contributed by atoms with Crippen LogP contribution in [0.4, 0.5) is 0 Å². The zero-order chi connectivity index (χ0) is 15.4. The van der Waals surface area contributed by atoms with E-state index in [1.165, 1.54) is 7.11 Å². The molecule has 1 atom stereocenters. The topological polar surface area (TPSA) is 81.4 Å². The predicted molar refractivity (Wildman–Crippen MR) is 78.0 cm³/mol. The van der Waals surface area contributed by atoms with Crippen LogP contribution in [-0.2, 0) is 9.53 Å². The Morgan fingerprint density at radius 1 is 1.45 bits per heavy atom. The summed E-state index contributed by atoms with van der Waals surface area (Å²) < 4.78 is 10.3. The summed E-state index contributed by atoms with van der Waals surface area (Å²) >= 11 is 0. The first-order chi connectivity index (χ1) is 10.8. The molecule has 1 amide bonds. The second kappa shape index (κ2) is 6.65. The summed E-state index contributed by atoms with van der Waals surface area (Å²) in [5.74, 6) is 1.22. The molecule has 0 unspecified atom stereocenters. The van der Waals surface area contributed by atoms with Gasteiger partial charge in [0.25, 0.3) is 0 Å². The lowest BCUT2D eigenvalue weighted by Crippen LogP contribution is -2.40. The SMILES string of the molecule is COCC(=O)N1CCC[C@@H](c2nc(-c3ccncc3)no2)C1. The average Bonchev–Trinajstić information content (AvgIpc) is 3.06. The van der Waals surface area contributed by atoms with Gasteiger partial charge in [-0.1, -0.05) is 5.16 Å². The molecule has 0 bridgehead atoms. The summed E-state index contributed by atoms with van der Waals surface area (Å²) in [5.41, 5.74) is 0.869. The van der Waals surface area contributed by atoms with Gasteiger partial charge in [0.1, 0.15) is 6.61 Å². The molecule has 0 aromatic carbocycles. The fraction of sp³-hybridized carbons (Fsp3) is 0.467. The highest BCUT2D eigenvalue weighted by Gasteiger charge is 2.28. The Morgan fingerprint density at radius 2 is 2.27 bits per heavy atom. The first-order valence-corrected chi connectivity index (χ1v) is 7.28. The van der Waals surface area contributed by atoms with Gasteiger partial charge in [-0.3, -0.25) is 9.78 Å². The van der Waals surface area contributed by atoms with E-state index in [0.717, 1.165) is 24.9 Å². The van der Waals surface area contributed by atoms with Gasteiger partial charge in [0.2, 0.25) is 17.6 Å². The third kappa shape index (κ3) is 3.14. The van der Waals surface area contributed by atoms with Crippen molar-refractivity contribution in [1.82, 2.24) is 20.0 Å². The van der Waals surface area contributed by atoms with Crippen LogP contribution in [0.15, 0.2) is 29.0 Å². The molecular weight excluding hydrogens is 284 g/mol. The molecule has 0 saturated carbocycles. The van der Waals surface area contributed by atoms with Crippen LogP contribution >= 0.6 is 0 Å². The third-order valence-corrected chi connectivity index (χ3v) is 3.77. The van der Waals surface area contributed by atoms with Crippen LogP contribution < -0.4 is 0 Å². The molecule has 22 heavy (non-hydrogen) atoms. The van der Waals surface area contributed by atoms with E-state index in [1.807, 2.05) is 12.1 Å². The average molecular weight is 302 g/mol. The molecule has 2 aromatic rings. The molecule has 3 heterocycles. The number of rotatable bonds is 4. The number of carbonyl (C=O) groups excluding carboxylic acids is 1. The minimum Gasteiger partial charge on any atom is -0.375 e. The Morgan fingerprint density at radius 3 is 3.05 bits per heavy atom. The van der Waals surface area contributed by atoms with E-state index in [1.54, 1.807) is 17.3 Å². The van der Waals surface area contributed by atoms with Gasteiger partial charge in [-0.05, 0) is 25.0 Å².